The van der Waals surface area contributed by atoms with E-state index in [-0.39, 0.29) is 29.6 Å². The van der Waals surface area contributed by atoms with Crippen LogP contribution < -0.4 is 10.1 Å². The molecule has 1 aromatic rings. The lowest BCUT2D eigenvalue weighted by molar-refractivity contribution is -0.109. The molecular formula is C20H30N2O3. The van der Waals surface area contributed by atoms with Gasteiger partial charge in [0.15, 0.2) is 0 Å². The Morgan fingerprint density at radius 2 is 2.16 bits per heavy atom. The first-order valence-electron chi connectivity index (χ1n) is 9.13. The topological polar surface area (TPSA) is 50.8 Å². The molecule has 25 heavy (non-hydrogen) atoms. The lowest BCUT2D eigenvalue weighted by Gasteiger charge is -2.54. The second-order valence-electron chi connectivity index (χ2n) is 7.97. The molecule has 1 N–H and O–H groups in total. The SMILES string of the molecule is COc1ccccc1C[C@H](C)N(C)C(=O)N[C@@H]1[C@H]2CCO[C@@H]2C1(C)C. The fraction of sp³-hybridized carbons (Fsp3) is 0.650. The Bertz CT molecular complexity index is 631. The number of methoxy groups -OCH3 is 1. The van der Waals surface area contributed by atoms with Gasteiger partial charge in [0, 0.05) is 37.1 Å². The number of urea groups is 1. The maximum absolute atomic E-state index is 12.8. The first-order valence-corrected chi connectivity index (χ1v) is 9.13. The molecule has 0 aromatic heterocycles. The van der Waals surface area contributed by atoms with E-state index in [1.807, 2.05) is 25.2 Å². The predicted molar refractivity (Wildman–Crippen MR) is 97.9 cm³/mol. The van der Waals surface area contributed by atoms with Crippen LogP contribution in [-0.2, 0) is 11.2 Å². The molecule has 5 nitrogen and oxygen atoms in total. The third kappa shape index (κ3) is 3.22. The van der Waals surface area contributed by atoms with Crippen LogP contribution in [-0.4, -0.2) is 49.9 Å². The summed E-state index contributed by atoms with van der Waals surface area (Å²) in [5.74, 6) is 1.33. The Labute approximate surface area is 150 Å². The summed E-state index contributed by atoms with van der Waals surface area (Å²) in [6.45, 7) is 7.25. The van der Waals surface area contributed by atoms with Crippen LogP contribution in [0.2, 0.25) is 0 Å². The quantitative estimate of drug-likeness (QED) is 0.891. The number of likely N-dealkylation sites (N-methyl/N-ethyl adjacent to an activating group) is 1. The summed E-state index contributed by atoms with van der Waals surface area (Å²) in [4.78, 5) is 14.5. The fourth-order valence-electron chi connectivity index (χ4n) is 4.38. The largest absolute Gasteiger partial charge is 0.496 e. The van der Waals surface area contributed by atoms with Gasteiger partial charge in [0.2, 0.25) is 0 Å². The minimum absolute atomic E-state index is 0.00353. The van der Waals surface area contributed by atoms with Crippen molar-refractivity contribution in [2.45, 2.75) is 51.8 Å². The summed E-state index contributed by atoms with van der Waals surface area (Å²) in [7, 11) is 3.54. The number of carbonyl (C=O) groups excluding carboxylic acids is 1. The molecule has 2 aliphatic rings. The van der Waals surface area contributed by atoms with E-state index in [1.54, 1.807) is 12.0 Å². The molecule has 1 aromatic carbocycles. The molecule has 0 radical (unpaired) electrons. The van der Waals surface area contributed by atoms with E-state index in [2.05, 4.69) is 32.2 Å². The number of amides is 2. The average Bonchev–Trinajstić information content (AvgIpc) is 3.06. The van der Waals surface area contributed by atoms with Crippen LogP contribution in [0.15, 0.2) is 24.3 Å². The minimum atomic E-state index is -0.00850. The monoisotopic (exact) mass is 346 g/mol. The molecule has 138 valence electrons. The second kappa shape index (κ2) is 6.87. The van der Waals surface area contributed by atoms with Crippen molar-refractivity contribution in [3.8, 4) is 5.75 Å². The molecule has 2 amide bonds. The van der Waals surface area contributed by atoms with Crippen LogP contribution in [0.4, 0.5) is 4.79 Å². The molecule has 1 saturated carbocycles. The zero-order chi connectivity index (χ0) is 18.2. The third-order valence-electron chi connectivity index (χ3n) is 6.07. The number of ether oxygens (including phenoxy) is 2. The molecule has 2 fully saturated rings. The number of fused-ring (bicyclic) bond motifs is 1. The zero-order valence-electron chi connectivity index (χ0n) is 15.9. The number of hydrogen-bond acceptors (Lipinski definition) is 3. The number of carbonyl (C=O) groups is 1. The highest BCUT2D eigenvalue weighted by Gasteiger charge is 2.59. The van der Waals surface area contributed by atoms with Crippen LogP contribution >= 0.6 is 0 Å². The van der Waals surface area contributed by atoms with Gasteiger partial charge in [0.25, 0.3) is 0 Å². The van der Waals surface area contributed by atoms with Crippen LogP contribution in [0, 0.1) is 11.3 Å². The van der Waals surface area contributed by atoms with Gasteiger partial charge in [-0.2, -0.15) is 0 Å². The van der Waals surface area contributed by atoms with Crippen LogP contribution in [0.5, 0.6) is 5.75 Å². The van der Waals surface area contributed by atoms with Crippen LogP contribution in [0.3, 0.4) is 0 Å². The van der Waals surface area contributed by atoms with Gasteiger partial charge in [-0.25, -0.2) is 4.79 Å². The molecule has 1 aliphatic heterocycles. The third-order valence-corrected chi connectivity index (χ3v) is 6.07. The van der Waals surface area contributed by atoms with Crippen molar-refractivity contribution in [3.63, 3.8) is 0 Å². The maximum Gasteiger partial charge on any atom is 0.317 e. The summed E-state index contributed by atoms with van der Waals surface area (Å²) >= 11 is 0. The molecule has 1 saturated heterocycles. The molecule has 1 heterocycles. The number of nitrogens with zero attached hydrogens (tertiary/aromatic N) is 1. The lowest BCUT2D eigenvalue weighted by atomic mass is 9.57. The Morgan fingerprint density at radius 1 is 1.44 bits per heavy atom. The molecule has 1 aliphatic carbocycles. The number of rotatable bonds is 5. The van der Waals surface area contributed by atoms with E-state index in [0.29, 0.717) is 5.92 Å². The molecule has 3 rings (SSSR count). The van der Waals surface area contributed by atoms with E-state index in [4.69, 9.17) is 9.47 Å². The summed E-state index contributed by atoms with van der Waals surface area (Å²) < 4.78 is 11.2. The van der Waals surface area contributed by atoms with Crippen molar-refractivity contribution < 1.29 is 14.3 Å². The zero-order valence-corrected chi connectivity index (χ0v) is 15.9. The molecule has 4 atom stereocenters. The van der Waals surface area contributed by atoms with Crippen LogP contribution in [0.1, 0.15) is 32.8 Å². The van der Waals surface area contributed by atoms with Crippen molar-refractivity contribution in [1.29, 1.82) is 0 Å². The highest BCUT2D eigenvalue weighted by molar-refractivity contribution is 5.75. The van der Waals surface area contributed by atoms with Crippen molar-refractivity contribution in [2.24, 2.45) is 11.3 Å². The van der Waals surface area contributed by atoms with Crippen LogP contribution in [0.25, 0.3) is 0 Å². The molecule has 0 bridgehead atoms. The predicted octanol–water partition coefficient (Wildman–Crippen LogP) is 3.08. The highest BCUT2D eigenvalue weighted by atomic mass is 16.5. The second-order valence-corrected chi connectivity index (χ2v) is 7.97. The van der Waals surface area contributed by atoms with Gasteiger partial charge in [-0.15, -0.1) is 0 Å². The van der Waals surface area contributed by atoms with Gasteiger partial charge in [0.05, 0.1) is 13.2 Å². The van der Waals surface area contributed by atoms with Gasteiger partial charge in [-0.1, -0.05) is 32.0 Å². The smallest absolute Gasteiger partial charge is 0.317 e. The van der Waals surface area contributed by atoms with Gasteiger partial charge in [-0.3, -0.25) is 0 Å². The van der Waals surface area contributed by atoms with E-state index in [9.17, 15) is 4.79 Å². The Morgan fingerprint density at radius 3 is 2.88 bits per heavy atom. The van der Waals surface area contributed by atoms with E-state index in [1.165, 1.54) is 0 Å². The van der Waals surface area contributed by atoms with Gasteiger partial charge < -0.3 is 19.7 Å². The minimum Gasteiger partial charge on any atom is -0.496 e. The summed E-state index contributed by atoms with van der Waals surface area (Å²) in [5.41, 5.74) is 1.12. The molecule has 0 spiro atoms. The van der Waals surface area contributed by atoms with Gasteiger partial charge >= 0.3 is 6.03 Å². The fourth-order valence-corrected chi connectivity index (χ4v) is 4.38. The molecular weight excluding hydrogens is 316 g/mol. The van der Waals surface area contributed by atoms with Gasteiger partial charge in [0.1, 0.15) is 5.75 Å². The van der Waals surface area contributed by atoms with E-state index in [0.717, 1.165) is 30.8 Å². The number of nitrogens with one attached hydrogen (secondary N) is 1. The highest BCUT2D eigenvalue weighted by Crippen LogP contribution is 2.52. The van der Waals surface area contributed by atoms with Crippen molar-refractivity contribution in [1.82, 2.24) is 10.2 Å². The summed E-state index contributed by atoms with van der Waals surface area (Å²) in [6.07, 6.45) is 2.09. The van der Waals surface area contributed by atoms with E-state index >= 15 is 0 Å². The first-order chi connectivity index (χ1) is 11.9. The van der Waals surface area contributed by atoms with Crippen molar-refractivity contribution >= 4 is 6.03 Å². The standard InChI is InChI=1S/C20H30N2O3/c1-13(12-14-8-6-7-9-16(14)24-5)22(4)19(23)21-17-15-10-11-25-18(15)20(17,2)3/h6-9,13,15,17-18H,10-12H2,1-5H3,(H,21,23)/t13-,15+,17+,18-/m0/s1. The van der Waals surface area contributed by atoms with Crippen molar-refractivity contribution in [2.75, 3.05) is 20.8 Å². The van der Waals surface area contributed by atoms with Gasteiger partial charge in [-0.05, 0) is 31.4 Å². The Kier molecular flexibility index (Phi) is 4.96. The molecule has 0 unspecified atom stereocenters. The maximum atomic E-state index is 12.8. The number of hydrogen-bond donors (Lipinski definition) is 1. The average molecular weight is 346 g/mol. The van der Waals surface area contributed by atoms with E-state index < -0.39 is 0 Å². The number of para-hydroxylation sites is 1. The molecule has 5 heteroatoms. The number of benzene rings is 1. The summed E-state index contributed by atoms with van der Waals surface area (Å²) in [6, 6.07) is 8.23. The lowest BCUT2D eigenvalue weighted by Crippen LogP contribution is -2.68. The Balaban J connectivity index is 1.60. The first kappa shape index (κ1) is 18.1. The normalized spacial score (nSPS) is 27.8. The Hall–Kier alpha value is -1.75. The van der Waals surface area contributed by atoms with Crippen molar-refractivity contribution in [3.05, 3.63) is 29.8 Å². The summed E-state index contributed by atoms with van der Waals surface area (Å²) in [5, 5.41) is 3.25.